The van der Waals surface area contributed by atoms with Crippen molar-refractivity contribution in [1.82, 2.24) is 0 Å². The molecule has 0 spiro atoms. The van der Waals surface area contributed by atoms with E-state index < -0.39 is 18.3 Å². The number of methoxy groups -OCH3 is 1. The molecule has 4 nitrogen and oxygen atoms in total. The normalized spacial score (nSPS) is 18.0. The number of phenols is 1. The summed E-state index contributed by atoms with van der Waals surface area (Å²) in [6, 6.07) is 13.9. The van der Waals surface area contributed by atoms with Gasteiger partial charge in [-0.1, -0.05) is 36.4 Å². The Hall–Kier alpha value is -1.82. The fourth-order valence-corrected chi connectivity index (χ4v) is 3.32. The maximum atomic E-state index is 10.8. The first-order valence-electron chi connectivity index (χ1n) is 9.51. The molecule has 0 unspecified atom stereocenters. The molecule has 1 N–H and O–H groups in total. The molecule has 2 aromatic carbocycles. The average Bonchev–Trinajstić information content (AvgIpc) is 2.84. The molecular formula is C22H29BO4. The topological polar surface area (TPSA) is 47.9 Å². The van der Waals surface area contributed by atoms with Crippen LogP contribution in [0.15, 0.2) is 42.5 Å². The maximum absolute atomic E-state index is 10.8. The van der Waals surface area contributed by atoms with Crippen LogP contribution in [0.25, 0.3) is 11.1 Å². The first-order valence-corrected chi connectivity index (χ1v) is 9.51. The molecule has 1 aliphatic rings. The first kappa shape index (κ1) is 19.9. The maximum Gasteiger partial charge on any atom is 0.495 e. The third kappa shape index (κ3) is 4.05. The van der Waals surface area contributed by atoms with Crippen molar-refractivity contribution in [2.75, 3.05) is 13.7 Å². The zero-order valence-electron chi connectivity index (χ0n) is 16.9. The molecule has 144 valence electrons. The molecule has 2 aromatic rings. The van der Waals surface area contributed by atoms with Crippen LogP contribution < -0.4 is 5.46 Å². The zero-order valence-corrected chi connectivity index (χ0v) is 16.9. The van der Waals surface area contributed by atoms with E-state index in [2.05, 4.69) is 6.07 Å². The Bertz CT molecular complexity index is 770. The SMILES string of the molecule is COCCCc1c(O)cc(-c2ccccc2)cc1B1OC(C)(C)C(C)(C)O1. The highest BCUT2D eigenvalue weighted by molar-refractivity contribution is 6.63. The third-order valence-electron chi connectivity index (χ3n) is 5.65. The van der Waals surface area contributed by atoms with Gasteiger partial charge in [0, 0.05) is 13.7 Å². The van der Waals surface area contributed by atoms with Crippen LogP contribution in [0.5, 0.6) is 5.75 Å². The van der Waals surface area contributed by atoms with Crippen LogP contribution in [0.1, 0.15) is 39.7 Å². The van der Waals surface area contributed by atoms with E-state index in [1.54, 1.807) is 7.11 Å². The molecule has 0 radical (unpaired) electrons. The van der Waals surface area contributed by atoms with Crippen LogP contribution in [-0.4, -0.2) is 37.1 Å². The summed E-state index contributed by atoms with van der Waals surface area (Å²) in [4.78, 5) is 0. The second-order valence-electron chi connectivity index (χ2n) is 8.11. The number of hydrogen-bond acceptors (Lipinski definition) is 4. The Morgan fingerprint density at radius 1 is 0.963 bits per heavy atom. The molecule has 0 atom stereocenters. The molecule has 0 aromatic heterocycles. The summed E-state index contributed by atoms with van der Waals surface area (Å²) in [5.41, 5.74) is 2.90. The smallest absolute Gasteiger partial charge is 0.495 e. The van der Waals surface area contributed by atoms with Gasteiger partial charge in [0.1, 0.15) is 5.75 Å². The average molecular weight is 368 g/mol. The molecule has 0 aliphatic carbocycles. The number of hydrogen-bond donors (Lipinski definition) is 1. The minimum absolute atomic E-state index is 0.275. The van der Waals surface area contributed by atoms with E-state index >= 15 is 0 Å². The molecule has 0 amide bonds. The van der Waals surface area contributed by atoms with Crippen LogP contribution in [0.4, 0.5) is 0 Å². The summed E-state index contributed by atoms with van der Waals surface area (Å²) >= 11 is 0. The molecule has 0 saturated carbocycles. The van der Waals surface area contributed by atoms with E-state index in [1.807, 2.05) is 64.1 Å². The van der Waals surface area contributed by atoms with Crippen LogP contribution in [0.2, 0.25) is 0 Å². The molecule has 3 rings (SSSR count). The van der Waals surface area contributed by atoms with Gasteiger partial charge in [-0.2, -0.15) is 0 Å². The number of ether oxygens (including phenoxy) is 1. The van der Waals surface area contributed by atoms with Crippen LogP contribution in [0.3, 0.4) is 0 Å². The lowest BCUT2D eigenvalue weighted by atomic mass is 9.73. The van der Waals surface area contributed by atoms with Crippen molar-refractivity contribution in [3.05, 3.63) is 48.0 Å². The molecule has 1 aliphatic heterocycles. The van der Waals surface area contributed by atoms with Gasteiger partial charge in [-0.15, -0.1) is 0 Å². The minimum atomic E-state index is -0.512. The Morgan fingerprint density at radius 3 is 2.19 bits per heavy atom. The lowest BCUT2D eigenvalue weighted by molar-refractivity contribution is 0.00578. The van der Waals surface area contributed by atoms with Gasteiger partial charge in [-0.05, 0) is 68.8 Å². The second kappa shape index (κ2) is 7.66. The molecule has 0 bridgehead atoms. The lowest BCUT2D eigenvalue weighted by Crippen LogP contribution is -2.41. The molecule has 1 saturated heterocycles. The number of benzene rings is 2. The Balaban J connectivity index is 2.04. The van der Waals surface area contributed by atoms with Gasteiger partial charge in [0.2, 0.25) is 0 Å². The van der Waals surface area contributed by atoms with Gasteiger partial charge in [-0.3, -0.25) is 0 Å². The van der Waals surface area contributed by atoms with E-state index in [0.717, 1.165) is 28.6 Å². The Morgan fingerprint density at radius 2 is 1.59 bits per heavy atom. The quantitative estimate of drug-likeness (QED) is 0.620. The van der Waals surface area contributed by atoms with E-state index in [-0.39, 0.29) is 5.75 Å². The van der Waals surface area contributed by atoms with E-state index in [4.69, 9.17) is 14.0 Å². The molecule has 27 heavy (non-hydrogen) atoms. The number of rotatable bonds is 6. The van der Waals surface area contributed by atoms with Crippen LogP contribution >= 0.6 is 0 Å². The van der Waals surface area contributed by atoms with Crippen molar-refractivity contribution < 1.29 is 19.2 Å². The van der Waals surface area contributed by atoms with Gasteiger partial charge >= 0.3 is 7.12 Å². The summed E-state index contributed by atoms with van der Waals surface area (Å²) in [5, 5.41) is 10.8. The summed E-state index contributed by atoms with van der Waals surface area (Å²) in [5.74, 6) is 0.275. The highest BCUT2D eigenvalue weighted by Gasteiger charge is 2.52. The second-order valence-corrected chi connectivity index (χ2v) is 8.11. The summed E-state index contributed by atoms with van der Waals surface area (Å²) in [7, 11) is 1.18. The molecular weight excluding hydrogens is 339 g/mol. The summed E-state index contributed by atoms with van der Waals surface area (Å²) in [6.07, 6.45) is 1.52. The Kier molecular flexibility index (Phi) is 5.66. The molecule has 1 heterocycles. The van der Waals surface area contributed by atoms with Crippen molar-refractivity contribution in [1.29, 1.82) is 0 Å². The van der Waals surface area contributed by atoms with Gasteiger partial charge < -0.3 is 19.2 Å². The van der Waals surface area contributed by atoms with E-state index in [0.29, 0.717) is 13.0 Å². The van der Waals surface area contributed by atoms with Crippen molar-refractivity contribution in [2.24, 2.45) is 0 Å². The molecule has 5 heteroatoms. The van der Waals surface area contributed by atoms with Crippen molar-refractivity contribution >= 4 is 12.6 Å². The lowest BCUT2D eigenvalue weighted by Gasteiger charge is -2.32. The number of phenolic OH excluding ortho intramolecular Hbond substituents is 1. The van der Waals surface area contributed by atoms with Crippen LogP contribution in [-0.2, 0) is 20.5 Å². The highest BCUT2D eigenvalue weighted by atomic mass is 16.7. The van der Waals surface area contributed by atoms with Crippen molar-refractivity contribution in [3.63, 3.8) is 0 Å². The van der Waals surface area contributed by atoms with Gasteiger partial charge in [0.25, 0.3) is 0 Å². The Labute approximate surface area is 162 Å². The monoisotopic (exact) mass is 368 g/mol. The van der Waals surface area contributed by atoms with Gasteiger partial charge in [0.15, 0.2) is 0 Å². The van der Waals surface area contributed by atoms with E-state index in [1.165, 1.54) is 0 Å². The van der Waals surface area contributed by atoms with Crippen LogP contribution in [0, 0.1) is 0 Å². The van der Waals surface area contributed by atoms with Gasteiger partial charge in [0.05, 0.1) is 11.2 Å². The van der Waals surface area contributed by atoms with Crippen molar-refractivity contribution in [2.45, 2.75) is 51.7 Å². The largest absolute Gasteiger partial charge is 0.508 e. The zero-order chi connectivity index (χ0) is 19.7. The third-order valence-corrected chi connectivity index (χ3v) is 5.65. The fourth-order valence-electron chi connectivity index (χ4n) is 3.32. The van der Waals surface area contributed by atoms with E-state index in [9.17, 15) is 5.11 Å². The predicted octanol–water partition coefficient (Wildman–Crippen LogP) is 3.94. The fraction of sp³-hybridized carbons (Fsp3) is 0.455. The standard InChI is InChI=1S/C22H29BO4/c1-21(2)22(3,4)27-23(26-21)19-14-17(16-10-7-6-8-11-16)15-20(24)18(19)12-9-13-25-5/h6-8,10-11,14-15,24H,9,12-13H2,1-5H3. The molecule has 1 fully saturated rings. The first-order chi connectivity index (χ1) is 12.7. The summed E-state index contributed by atoms with van der Waals surface area (Å²) in [6.45, 7) is 8.80. The van der Waals surface area contributed by atoms with Crippen molar-refractivity contribution in [3.8, 4) is 16.9 Å². The minimum Gasteiger partial charge on any atom is -0.508 e. The summed E-state index contributed by atoms with van der Waals surface area (Å²) < 4.78 is 17.7. The van der Waals surface area contributed by atoms with Gasteiger partial charge in [-0.25, -0.2) is 0 Å². The highest BCUT2D eigenvalue weighted by Crippen LogP contribution is 2.38. The predicted molar refractivity (Wildman–Crippen MR) is 109 cm³/mol. The number of aromatic hydroxyl groups is 1.